The summed E-state index contributed by atoms with van der Waals surface area (Å²) in [5.41, 5.74) is 0. The molecule has 0 aromatic heterocycles. The van der Waals surface area contributed by atoms with Crippen molar-refractivity contribution in [1.29, 1.82) is 0 Å². The van der Waals surface area contributed by atoms with Crippen LogP contribution in [0, 0.1) is 0 Å². The van der Waals surface area contributed by atoms with Crippen LogP contribution in [0.4, 0.5) is 0 Å². The molecule has 1 aliphatic heterocycles. The molecule has 70 valence electrons. The molecule has 0 aromatic carbocycles. The topological polar surface area (TPSA) is 24.1 Å². The lowest BCUT2D eigenvalue weighted by Gasteiger charge is -2.43. The van der Waals surface area contributed by atoms with E-state index in [1.54, 1.807) is 0 Å². The predicted molar refractivity (Wildman–Crippen MR) is 51.2 cm³/mol. The quantitative estimate of drug-likeness (QED) is 0.569. The molecule has 0 bridgehead atoms. The summed E-state index contributed by atoms with van der Waals surface area (Å²) in [6, 6.07) is 2.79. The molecule has 0 aromatic rings. The Morgan fingerprint density at radius 3 is 1.67 bits per heavy atom. The van der Waals surface area contributed by atoms with Gasteiger partial charge in [-0.1, -0.05) is 12.8 Å². The van der Waals surface area contributed by atoms with Gasteiger partial charge in [0.15, 0.2) is 0 Å². The van der Waals surface area contributed by atoms with Crippen molar-refractivity contribution in [3.8, 4) is 0 Å². The maximum Gasteiger partial charge on any atom is 0.0224 e. The van der Waals surface area contributed by atoms with Gasteiger partial charge in [0.1, 0.15) is 0 Å². The van der Waals surface area contributed by atoms with Gasteiger partial charge >= 0.3 is 0 Å². The van der Waals surface area contributed by atoms with Crippen LogP contribution >= 0.6 is 0 Å². The van der Waals surface area contributed by atoms with E-state index in [0.29, 0.717) is 12.1 Å². The second-order valence-electron chi connectivity index (χ2n) is 4.41. The molecule has 2 fully saturated rings. The summed E-state index contributed by atoms with van der Waals surface area (Å²) in [7, 11) is 0. The fraction of sp³-hybridized carbons (Fsp3) is 1.00. The van der Waals surface area contributed by atoms with Crippen LogP contribution in [0.15, 0.2) is 0 Å². The highest BCUT2D eigenvalue weighted by molar-refractivity contribution is 4.96. The Morgan fingerprint density at radius 1 is 0.833 bits per heavy atom. The highest BCUT2D eigenvalue weighted by Crippen LogP contribution is 2.22. The minimum Gasteiger partial charge on any atom is -0.308 e. The van der Waals surface area contributed by atoms with Gasteiger partial charge in [-0.3, -0.25) is 0 Å². The van der Waals surface area contributed by atoms with Gasteiger partial charge in [0.25, 0.3) is 0 Å². The molecule has 2 heteroatoms. The van der Waals surface area contributed by atoms with Gasteiger partial charge in [-0.15, -0.1) is 0 Å². The molecule has 2 rings (SSSR count). The van der Waals surface area contributed by atoms with Gasteiger partial charge in [-0.05, 0) is 26.7 Å². The molecule has 4 atom stereocenters. The monoisotopic (exact) mass is 168 g/mol. The van der Waals surface area contributed by atoms with Crippen molar-refractivity contribution >= 4 is 0 Å². The standard InChI is InChI=1S/C10H20N2/c1-7-8(2)12-10-6-4-3-5-9(10)11-7/h7-12H,3-6H2,1-2H3/t7-,8-,9-,10+/m1/s1. The van der Waals surface area contributed by atoms with Gasteiger partial charge in [-0.2, -0.15) is 0 Å². The van der Waals surface area contributed by atoms with E-state index in [2.05, 4.69) is 24.5 Å². The summed E-state index contributed by atoms with van der Waals surface area (Å²) in [6.07, 6.45) is 5.57. The summed E-state index contributed by atoms with van der Waals surface area (Å²) in [5, 5.41) is 7.41. The highest BCUT2D eigenvalue weighted by Gasteiger charge is 2.32. The van der Waals surface area contributed by atoms with Crippen LogP contribution in [0.1, 0.15) is 39.5 Å². The minimum absolute atomic E-state index is 0.643. The Kier molecular flexibility index (Phi) is 2.37. The lowest BCUT2D eigenvalue weighted by molar-refractivity contribution is 0.183. The third kappa shape index (κ3) is 1.50. The first kappa shape index (κ1) is 8.52. The third-order valence-electron chi connectivity index (χ3n) is 3.47. The van der Waals surface area contributed by atoms with Crippen molar-refractivity contribution in [3.63, 3.8) is 0 Å². The van der Waals surface area contributed by atoms with Crippen molar-refractivity contribution in [2.24, 2.45) is 0 Å². The number of hydrogen-bond donors (Lipinski definition) is 2. The van der Waals surface area contributed by atoms with Crippen molar-refractivity contribution in [3.05, 3.63) is 0 Å². The van der Waals surface area contributed by atoms with Crippen molar-refractivity contribution in [2.75, 3.05) is 0 Å². The van der Waals surface area contributed by atoms with Crippen LogP contribution in [0.5, 0.6) is 0 Å². The zero-order valence-electron chi connectivity index (χ0n) is 8.14. The zero-order valence-corrected chi connectivity index (χ0v) is 8.14. The highest BCUT2D eigenvalue weighted by atomic mass is 15.1. The molecule has 0 amide bonds. The van der Waals surface area contributed by atoms with Gasteiger partial charge in [0.05, 0.1) is 0 Å². The number of rotatable bonds is 0. The van der Waals surface area contributed by atoms with Crippen LogP contribution in [-0.4, -0.2) is 24.2 Å². The van der Waals surface area contributed by atoms with E-state index in [1.165, 1.54) is 25.7 Å². The predicted octanol–water partition coefficient (Wildman–Crippen LogP) is 1.27. The van der Waals surface area contributed by atoms with Crippen LogP contribution < -0.4 is 10.6 Å². The van der Waals surface area contributed by atoms with E-state index >= 15 is 0 Å². The molecule has 1 heterocycles. The number of fused-ring (bicyclic) bond motifs is 1. The fourth-order valence-corrected chi connectivity index (χ4v) is 2.49. The largest absolute Gasteiger partial charge is 0.308 e. The SMILES string of the molecule is C[C@H]1N[C@H]2CCCC[C@H]2N[C@@H]1C. The molecule has 0 spiro atoms. The number of nitrogens with one attached hydrogen (secondary N) is 2. The van der Waals surface area contributed by atoms with E-state index in [1.807, 2.05) is 0 Å². The van der Waals surface area contributed by atoms with Crippen LogP contribution in [0.3, 0.4) is 0 Å². The van der Waals surface area contributed by atoms with Crippen molar-refractivity contribution in [2.45, 2.75) is 63.7 Å². The Hall–Kier alpha value is -0.0800. The molecular weight excluding hydrogens is 148 g/mol. The summed E-state index contributed by atoms with van der Waals surface area (Å²) in [6.45, 7) is 4.56. The summed E-state index contributed by atoms with van der Waals surface area (Å²) in [4.78, 5) is 0. The van der Waals surface area contributed by atoms with Crippen molar-refractivity contribution in [1.82, 2.24) is 10.6 Å². The third-order valence-corrected chi connectivity index (χ3v) is 3.47. The number of hydrogen-bond acceptors (Lipinski definition) is 2. The first-order chi connectivity index (χ1) is 5.77. The Balaban J connectivity index is 1.98. The van der Waals surface area contributed by atoms with Crippen molar-refractivity contribution < 1.29 is 0 Å². The summed E-state index contributed by atoms with van der Waals surface area (Å²) < 4.78 is 0. The fourth-order valence-electron chi connectivity index (χ4n) is 2.49. The first-order valence-electron chi connectivity index (χ1n) is 5.29. The Bertz CT molecular complexity index is 140. The molecular formula is C10H20N2. The molecule has 0 radical (unpaired) electrons. The van der Waals surface area contributed by atoms with Gasteiger partial charge < -0.3 is 10.6 Å². The van der Waals surface area contributed by atoms with E-state index < -0.39 is 0 Å². The summed E-state index contributed by atoms with van der Waals surface area (Å²) in [5.74, 6) is 0. The smallest absolute Gasteiger partial charge is 0.0224 e. The van der Waals surface area contributed by atoms with E-state index in [9.17, 15) is 0 Å². The lowest BCUT2D eigenvalue weighted by Crippen LogP contribution is -2.64. The zero-order chi connectivity index (χ0) is 8.55. The molecule has 1 aliphatic carbocycles. The molecule has 2 N–H and O–H groups in total. The van der Waals surface area contributed by atoms with Gasteiger partial charge in [0.2, 0.25) is 0 Å². The molecule has 1 saturated heterocycles. The Labute approximate surface area is 75.1 Å². The average molecular weight is 168 g/mol. The number of piperazine rings is 1. The molecule has 1 saturated carbocycles. The lowest BCUT2D eigenvalue weighted by atomic mass is 9.86. The van der Waals surface area contributed by atoms with Crippen LogP contribution in [-0.2, 0) is 0 Å². The molecule has 2 nitrogen and oxygen atoms in total. The first-order valence-corrected chi connectivity index (χ1v) is 5.29. The maximum atomic E-state index is 3.71. The average Bonchev–Trinajstić information content (AvgIpc) is 2.07. The second kappa shape index (κ2) is 3.35. The molecule has 0 unspecified atom stereocenters. The van der Waals surface area contributed by atoms with E-state index in [4.69, 9.17) is 0 Å². The van der Waals surface area contributed by atoms with Gasteiger partial charge in [0, 0.05) is 24.2 Å². The van der Waals surface area contributed by atoms with Crippen LogP contribution in [0.25, 0.3) is 0 Å². The minimum atomic E-state index is 0.643. The maximum absolute atomic E-state index is 3.71. The second-order valence-corrected chi connectivity index (χ2v) is 4.41. The molecule has 12 heavy (non-hydrogen) atoms. The van der Waals surface area contributed by atoms with E-state index in [0.717, 1.165) is 12.1 Å². The normalized spacial score (nSPS) is 48.5. The van der Waals surface area contributed by atoms with Crippen LogP contribution in [0.2, 0.25) is 0 Å². The van der Waals surface area contributed by atoms with Gasteiger partial charge in [-0.25, -0.2) is 0 Å². The molecule has 2 aliphatic rings. The Morgan fingerprint density at radius 2 is 1.25 bits per heavy atom. The summed E-state index contributed by atoms with van der Waals surface area (Å²) >= 11 is 0. The van der Waals surface area contributed by atoms with E-state index in [-0.39, 0.29) is 0 Å².